The van der Waals surface area contributed by atoms with Crippen molar-refractivity contribution in [2.45, 2.75) is 20.3 Å². The molecular formula is C20H19N5O. The van der Waals surface area contributed by atoms with E-state index < -0.39 is 0 Å². The molecule has 1 amide bonds. The largest absolute Gasteiger partial charge is 0.322 e. The van der Waals surface area contributed by atoms with E-state index in [0.717, 1.165) is 23.1 Å². The normalized spacial score (nSPS) is 11.0. The molecule has 130 valence electrons. The zero-order chi connectivity index (χ0) is 18.1. The summed E-state index contributed by atoms with van der Waals surface area (Å²) in [5.41, 5.74) is 4.37. The summed E-state index contributed by atoms with van der Waals surface area (Å²) in [5.74, 6) is 0.965. The second-order valence-corrected chi connectivity index (χ2v) is 6.16. The van der Waals surface area contributed by atoms with Crippen LogP contribution < -0.4 is 5.32 Å². The lowest BCUT2D eigenvalue weighted by Gasteiger charge is -2.07. The number of carbonyl (C=O) groups excluding carboxylic acids is 1. The Kier molecular flexibility index (Phi) is 4.01. The summed E-state index contributed by atoms with van der Waals surface area (Å²) >= 11 is 0. The van der Waals surface area contributed by atoms with E-state index in [9.17, 15) is 4.79 Å². The van der Waals surface area contributed by atoms with Crippen LogP contribution in [0.2, 0.25) is 0 Å². The second kappa shape index (κ2) is 6.48. The molecule has 0 aliphatic heterocycles. The molecule has 0 spiro atoms. The summed E-state index contributed by atoms with van der Waals surface area (Å²) in [6.45, 7) is 3.97. The van der Waals surface area contributed by atoms with Crippen molar-refractivity contribution in [1.29, 1.82) is 0 Å². The third kappa shape index (κ3) is 2.97. The molecule has 0 radical (unpaired) electrons. The van der Waals surface area contributed by atoms with Gasteiger partial charge in [-0.2, -0.15) is 9.78 Å². The maximum atomic E-state index is 12.6. The molecule has 0 fully saturated rings. The Hall–Kier alpha value is -3.41. The van der Waals surface area contributed by atoms with Crippen LogP contribution in [0.1, 0.15) is 28.5 Å². The molecule has 2 N–H and O–H groups in total. The van der Waals surface area contributed by atoms with Crippen molar-refractivity contribution in [2.24, 2.45) is 0 Å². The first-order valence-corrected chi connectivity index (χ1v) is 8.56. The summed E-state index contributed by atoms with van der Waals surface area (Å²) in [5, 5.41) is 7.39. The molecule has 0 saturated carbocycles. The minimum Gasteiger partial charge on any atom is -0.322 e. The summed E-state index contributed by atoms with van der Waals surface area (Å²) < 4.78 is 1.62. The van der Waals surface area contributed by atoms with Crippen molar-refractivity contribution in [1.82, 2.24) is 19.7 Å². The van der Waals surface area contributed by atoms with Crippen molar-refractivity contribution < 1.29 is 4.79 Å². The molecule has 0 unspecified atom stereocenters. The lowest BCUT2D eigenvalue weighted by atomic mass is 10.1. The number of aromatic nitrogens is 4. The predicted molar refractivity (Wildman–Crippen MR) is 102 cm³/mol. The van der Waals surface area contributed by atoms with E-state index in [0.29, 0.717) is 17.3 Å². The smallest absolute Gasteiger partial charge is 0.256 e. The highest BCUT2D eigenvalue weighted by Gasteiger charge is 2.15. The van der Waals surface area contributed by atoms with Crippen LogP contribution in [0.4, 0.5) is 5.82 Å². The van der Waals surface area contributed by atoms with Crippen molar-refractivity contribution in [3.8, 4) is 5.95 Å². The highest BCUT2D eigenvalue weighted by molar-refractivity contribution is 6.04. The predicted octanol–water partition coefficient (Wildman–Crippen LogP) is 3.87. The van der Waals surface area contributed by atoms with Gasteiger partial charge >= 0.3 is 0 Å². The van der Waals surface area contributed by atoms with E-state index in [2.05, 4.69) is 27.3 Å². The molecule has 0 atom stereocenters. The number of carbonyl (C=O) groups is 1. The van der Waals surface area contributed by atoms with Crippen LogP contribution in [-0.2, 0) is 6.42 Å². The van der Waals surface area contributed by atoms with Crippen LogP contribution in [0, 0.1) is 6.92 Å². The standard InChI is InChI=1S/C20H19N5O/c1-3-14-8-10-15(11-9-14)19(26)23-18-12-13(2)24-25(18)20-21-16-6-4-5-7-17(16)22-20/h4-12H,3H2,1-2H3,(H,21,22)(H,23,26). The number of hydrogen-bond acceptors (Lipinski definition) is 3. The van der Waals surface area contributed by atoms with Crippen LogP contribution >= 0.6 is 0 Å². The van der Waals surface area contributed by atoms with Gasteiger partial charge in [0.15, 0.2) is 0 Å². The average Bonchev–Trinajstić information content (AvgIpc) is 3.24. The number of rotatable bonds is 4. The van der Waals surface area contributed by atoms with Gasteiger partial charge in [-0.05, 0) is 43.2 Å². The molecule has 0 bridgehead atoms. The number of para-hydroxylation sites is 2. The molecule has 0 saturated heterocycles. The summed E-state index contributed by atoms with van der Waals surface area (Å²) in [6, 6.07) is 17.2. The van der Waals surface area contributed by atoms with Crippen LogP contribution in [0.25, 0.3) is 17.0 Å². The van der Waals surface area contributed by atoms with E-state index in [1.54, 1.807) is 4.68 Å². The van der Waals surface area contributed by atoms with Crippen LogP contribution in [0.3, 0.4) is 0 Å². The lowest BCUT2D eigenvalue weighted by Crippen LogP contribution is -2.15. The van der Waals surface area contributed by atoms with Crippen LogP contribution in [-0.4, -0.2) is 25.7 Å². The van der Waals surface area contributed by atoms with Gasteiger partial charge in [-0.15, -0.1) is 0 Å². The molecule has 2 aromatic heterocycles. The van der Waals surface area contributed by atoms with Gasteiger partial charge in [-0.3, -0.25) is 4.79 Å². The minimum absolute atomic E-state index is 0.176. The Balaban J connectivity index is 1.65. The summed E-state index contributed by atoms with van der Waals surface area (Å²) in [7, 11) is 0. The van der Waals surface area contributed by atoms with Gasteiger partial charge in [-0.1, -0.05) is 31.2 Å². The zero-order valence-corrected chi connectivity index (χ0v) is 14.7. The van der Waals surface area contributed by atoms with Gasteiger partial charge in [0.2, 0.25) is 5.95 Å². The molecule has 2 heterocycles. The third-order valence-corrected chi connectivity index (χ3v) is 4.28. The Morgan fingerprint density at radius 1 is 1.15 bits per heavy atom. The third-order valence-electron chi connectivity index (χ3n) is 4.28. The average molecular weight is 345 g/mol. The van der Waals surface area contributed by atoms with Gasteiger partial charge in [0, 0.05) is 11.6 Å². The van der Waals surface area contributed by atoms with Gasteiger partial charge in [0.25, 0.3) is 5.91 Å². The zero-order valence-electron chi connectivity index (χ0n) is 14.7. The molecule has 26 heavy (non-hydrogen) atoms. The number of anilines is 1. The van der Waals surface area contributed by atoms with Crippen molar-refractivity contribution in [3.63, 3.8) is 0 Å². The molecular weight excluding hydrogens is 326 g/mol. The Morgan fingerprint density at radius 2 is 1.92 bits per heavy atom. The van der Waals surface area contributed by atoms with Crippen LogP contribution in [0.5, 0.6) is 0 Å². The number of aryl methyl sites for hydroxylation is 2. The minimum atomic E-state index is -0.176. The maximum absolute atomic E-state index is 12.6. The Labute approximate surface area is 150 Å². The molecule has 6 nitrogen and oxygen atoms in total. The van der Waals surface area contributed by atoms with E-state index in [1.807, 2.05) is 61.5 Å². The number of hydrogen-bond donors (Lipinski definition) is 2. The van der Waals surface area contributed by atoms with Gasteiger partial charge in [0.05, 0.1) is 16.7 Å². The van der Waals surface area contributed by atoms with E-state index in [1.165, 1.54) is 5.56 Å². The Morgan fingerprint density at radius 3 is 2.65 bits per heavy atom. The molecule has 4 rings (SSSR count). The van der Waals surface area contributed by atoms with E-state index >= 15 is 0 Å². The van der Waals surface area contributed by atoms with Gasteiger partial charge in [-0.25, -0.2) is 4.98 Å². The highest BCUT2D eigenvalue weighted by Crippen LogP contribution is 2.19. The quantitative estimate of drug-likeness (QED) is 0.589. The van der Waals surface area contributed by atoms with E-state index in [4.69, 9.17) is 0 Å². The number of nitrogens with zero attached hydrogens (tertiary/aromatic N) is 3. The molecule has 0 aliphatic carbocycles. The number of aromatic amines is 1. The number of imidazole rings is 1. The van der Waals surface area contributed by atoms with Gasteiger partial charge in [0.1, 0.15) is 5.82 Å². The highest BCUT2D eigenvalue weighted by atomic mass is 16.1. The SMILES string of the molecule is CCc1ccc(C(=O)Nc2cc(C)nn2-c2nc3ccccc3[nH]2)cc1. The first-order valence-electron chi connectivity index (χ1n) is 8.56. The fraction of sp³-hybridized carbons (Fsp3) is 0.150. The topological polar surface area (TPSA) is 75.6 Å². The lowest BCUT2D eigenvalue weighted by molar-refractivity contribution is 0.102. The Bertz CT molecular complexity index is 1040. The second-order valence-electron chi connectivity index (χ2n) is 6.16. The molecule has 2 aromatic carbocycles. The fourth-order valence-corrected chi connectivity index (χ4v) is 2.87. The molecule has 6 heteroatoms. The molecule has 0 aliphatic rings. The summed E-state index contributed by atoms with van der Waals surface area (Å²) in [4.78, 5) is 20.4. The van der Waals surface area contributed by atoms with Crippen molar-refractivity contribution in [3.05, 3.63) is 71.4 Å². The monoisotopic (exact) mass is 345 g/mol. The number of amides is 1. The fourth-order valence-electron chi connectivity index (χ4n) is 2.87. The first-order chi connectivity index (χ1) is 12.6. The number of fused-ring (bicyclic) bond motifs is 1. The van der Waals surface area contributed by atoms with Gasteiger partial charge < -0.3 is 10.3 Å². The van der Waals surface area contributed by atoms with Crippen molar-refractivity contribution in [2.75, 3.05) is 5.32 Å². The number of nitrogens with one attached hydrogen (secondary N) is 2. The first kappa shape index (κ1) is 16.1. The number of benzene rings is 2. The summed E-state index contributed by atoms with van der Waals surface area (Å²) in [6.07, 6.45) is 0.944. The van der Waals surface area contributed by atoms with E-state index in [-0.39, 0.29) is 5.91 Å². The molecule has 4 aromatic rings. The van der Waals surface area contributed by atoms with Crippen molar-refractivity contribution >= 4 is 22.8 Å². The number of H-pyrrole nitrogens is 1. The maximum Gasteiger partial charge on any atom is 0.256 e. The van der Waals surface area contributed by atoms with Crippen LogP contribution in [0.15, 0.2) is 54.6 Å².